The van der Waals surface area contributed by atoms with Crippen LogP contribution in [0.15, 0.2) is 12.1 Å². The molecule has 6 heteroatoms. The molecule has 0 unspecified atom stereocenters. The van der Waals surface area contributed by atoms with Crippen LogP contribution in [0.1, 0.15) is 41.5 Å². The summed E-state index contributed by atoms with van der Waals surface area (Å²) in [5, 5.41) is 5.76. The molecule has 0 spiro atoms. The van der Waals surface area contributed by atoms with Gasteiger partial charge in [0, 0.05) is 19.5 Å². The summed E-state index contributed by atoms with van der Waals surface area (Å²) in [6.07, 6.45) is 2.32. The van der Waals surface area contributed by atoms with Gasteiger partial charge in [0.15, 0.2) is 0 Å². The summed E-state index contributed by atoms with van der Waals surface area (Å²) >= 11 is 0. The van der Waals surface area contributed by atoms with Gasteiger partial charge in [-0.2, -0.15) is 0 Å². The number of hydrogen-bond acceptors (Lipinski definition) is 3. The fourth-order valence-corrected chi connectivity index (χ4v) is 3.89. The molecule has 1 aromatic rings. The summed E-state index contributed by atoms with van der Waals surface area (Å²) in [6.45, 7) is 7.15. The van der Waals surface area contributed by atoms with Gasteiger partial charge < -0.3 is 15.5 Å². The van der Waals surface area contributed by atoms with Gasteiger partial charge in [0.05, 0.1) is 12.5 Å². The molecule has 2 aliphatic rings. The molecular weight excluding hydrogens is 330 g/mol. The molecule has 2 fully saturated rings. The van der Waals surface area contributed by atoms with Crippen LogP contribution in [0, 0.1) is 20.8 Å². The van der Waals surface area contributed by atoms with Gasteiger partial charge in [-0.25, -0.2) is 0 Å². The van der Waals surface area contributed by atoms with E-state index in [9.17, 15) is 14.4 Å². The highest BCUT2D eigenvalue weighted by molar-refractivity contribution is 5.89. The smallest absolute Gasteiger partial charge is 0.245 e. The van der Waals surface area contributed by atoms with E-state index < -0.39 is 6.04 Å². The Hall–Kier alpha value is -2.37. The van der Waals surface area contributed by atoms with Crippen molar-refractivity contribution in [2.75, 3.05) is 13.1 Å². The van der Waals surface area contributed by atoms with Crippen molar-refractivity contribution >= 4 is 17.7 Å². The highest BCUT2D eigenvalue weighted by atomic mass is 16.2. The van der Waals surface area contributed by atoms with E-state index in [4.69, 9.17) is 0 Å². The molecule has 3 rings (SSSR count). The maximum Gasteiger partial charge on any atom is 0.245 e. The number of amides is 3. The van der Waals surface area contributed by atoms with Crippen LogP contribution in [-0.4, -0.2) is 47.8 Å². The normalized spacial score (nSPS) is 20.3. The highest BCUT2D eigenvalue weighted by Gasteiger charge is 2.36. The third kappa shape index (κ3) is 4.06. The average Bonchev–Trinajstić information content (AvgIpc) is 2.53. The Morgan fingerprint density at radius 2 is 1.85 bits per heavy atom. The third-order valence-corrected chi connectivity index (χ3v) is 5.27. The second-order valence-corrected chi connectivity index (χ2v) is 7.57. The number of likely N-dealkylation sites (tertiary alicyclic amines) is 1. The lowest BCUT2D eigenvalue weighted by molar-refractivity contribution is -0.143. The number of aryl methyl sites for hydroxylation is 3. The summed E-state index contributed by atoms with van der Waals surface area (Å²) < 4.78 is 0. The fourth-order valence-electron chi connectivity index (χ4n) is 3.89. The van der Waals surface area contributed by atoms with Crippen LogP contribution < -0.4 is 10.6 Å². The Kier molecular flexibility index (Phi) is 5.30. The summed E-state index contributed by atoms with van der Waals surface area (Å²) in [4.78, 5) is 37.9. The van der Waals surface area contributed by atoms with Crippen molar-refractivity contribution in [1.29, 1.82) is 0 Å². The predicted octanol–water partition coefficient (Wildman–Crippen LogP) is 1.15. The van der Waals surface area contributed by atoms with Gasteiger partial charge in [-0.15, -0.1) is 0 Å². The average molecular weight is 357 g/mol. The Morgan fingerprint density at radius 1 is 1.19 bits per heavy atom. The maximum atomic E-state index is 12.4. The van der Waals surface area contributed by atoms with Gasteiger partial charge in [-0.1, -0.05) is 17.7 Å². The molecule has 6 nitrogen and oxygen atoms in total. The second kappa shape index (κ2) is 7.48. The minimum Gasteiger partial charge on any atom is -0.350 e. The molecule has 140 valence electrons. The molecule has 2 saturated heterocycles. The van der Waals surface area contributed by atoms with Crippen molar-refractivity contribution in [3.63, 3.8) is 0 Å². The second-order valence-electron chi connectivity index (χ2n) is 7.57. The number of carbonyl (C=O) groups excluding carboxylic acids is 3. The van der Waals surface area contributed by atoms with Crippen LogP contribution in [0.4, 0.5) is 0 Å². The molecule has 2 aliphatic heterocycles. The predicted molar refractivity (Wildman–Crippen MR) is 98.6 cm³/mol. The molecule has 2 N–H and O–H groups in total. The van der Waals surface area contributed by atoms with Crippen molar-refractivity contribution < 1.29 is 14.4 Å². The Labute approximate surface area is 154 Å². The number of hydrogen-bond donors (Lipinski definition) is 2. The molecule has 0 radical (unpaired) electrons. The van der Waals surface area contributed by atoms with Crippen LogP contribution in [0.5, 0.6) is 0 Å². The van der Waals surface area contributed by atoms with E-state index in [-0.39, 0.29) is 23.8 Å². The van der Waals surface area contributed by atoms with E-state index in [1.165, 1.54) is 5.56 Å². The molecule has 0 aliphatic carbocycles. The van der Waals surface area contributed by atoms with E-state index >= 15 is 0 Å². The summed E-state index contributed by atoms with van der Waals surface area (Å²) in [5.41, 5.74) is 4.55. The van der Waals surface area contributed by atoms with Crippen LogP contribution in [0.25, 0.3) is 0 Å². The van der Waals surface area contributed by atoms with Crippen molar-refractivity contribution in [2.45, 2.75) is 58.5 Å². The molecule has 0 aromatic heterocycles. The van der Waals surface area contributed by atoms with Crippen molar-refractivity contribution in [1.82, 2.24) is 15.5 Å². The van der Waals surface area contributed by atoms with E-state index in [1.807, 2.05) is 13.8 Å². The number of nitrogens with zero attached hydrogens (tertiary/aromatic N) is 1. The first-order valence-corrected chi connectivity index (χ1v) is 9.27. The molecule has 0 bridgehead atoms. The summed E-state index contributed by atoms with van der Waals surface area (Å²) in [6, 6.07) is 3.79. The quantitative estimate of drug-likeness (QED) is 0.848. The van der Waals surface area contributed by atoms with E-state index in [0.717, 1.165) is 23.1 Å². The number of piperidine rings is 1. The van der Waals surface area contributed by atoms with Crippen LogP contribution in [-0.2, 0) is 20.8 Å². The number of carbonyl (C=O) groups is 3. The highest BCUT2D eigenvalue weighted by Crippen LogP contribution is 2.18. The SMILES string of the molecule is Cc1cc(C)c(CC(=O)NC2CN(C(=O)[C@H]3CCCC(=O)N3)C2)c(C)c1. The Balaban J connectivity index is 1.47. The topological polar surface area (TPSA) is 78.5 Å². The van der Waals surface area contributed by atoms with E-state index in [2.05, 4.69) is 29.7 Å². The first kappa shape index (κ1) is 18.4. The number of benzene rings is 1. The molecule has 2 heterocycles. The lowest BCUT2D eigenvalue weighted by Crippen LogP contribution is -2.64. The molecule has 1 aromatic carbocycles. The fraction of sp³-hybridized carbons (Fsp3) is 0.550. The van der Waals surface area contributed by atoms with Crippen molar-refractivity contribution in [3.8, 4) is 0 Å². The molecule has 0 saturated carbocycles. The first-order valence-electron chi connectivity index (χ1n) is 9.27. The zero-order valence-electron chi connectivity index (χ0n) is 15.7. The van der Waals surface area contributed by atoms with Gasteiger partial charge in [-0.3, -0.25) is 14.4 Å². The van der Waals surface area contributed by atoms with E-state index in [1.54, 1.807) is 4.90 Å². The lowest BCUT2D eigenvalue weighted by atomic mass is 9.96. The number of nitrogens with one attached hydrogen (secondary N) is 2. The minimum atomic E-state index is -0.397. The first-order chi connectivity index (χ1) is 12.3. The summed E-state index contributed by atoms with van der Waals surface area (Å²) in [7, 11) is 0. The molecule has 26 heavy (non-hydrogen) atoms. The van der Waals surface area contributed by atoms with Crippen molar-refractivity contribution in [3.05, 3.63) is 34.4 Å². The van der Waals surface area contributed by atoms with Crippen LogP contribution >= 0.6 is 0 Å². The molecular formula is C20H27N3O3. The van der Waals surface area contributed by atoms with Gasteiger partial charge >= 0.3 is 0 Å². The zero-order valence-corrected chi connectivity index (χ0v) is 15.7. The third-order valence-electron chi connectivity index (χ3n) is 5.27. The van der Waals surface area contributed by atoms with E-state index in [0.29, 0.717) is 32.4 Å². The van der Waals surface area contributed by atoms with Gasteiger partial charge in [0.1, 0.15) is 6.04 Å². The maximum absolute atomic E-state index is 12.4. The lowest BCUT2D eigenvalue weighted by Gasteiger charge is -2.41. The summed E-state index contributed by atoms with van der Waals surface area (Å²) in [5.74, 6) is -0.0966. The zero-order chi connectivity index (χ0) is 18.8. The molecule has 3 amide bonds. The minimum absolute atomic E-state index is 0.00296. The largest absolute Gasteiger partial charge is 0.350 e. The van der Waals surface area contributed by atoms with Gasteiger partial charge in [-0.05, 0) is 50.3 Å². The molecule has 1 atom stereocenters. The van der Waals surface area contributed by atoms with Crippen LogP contribution in [0.2, 0.25) is 0 Å². The van der Waals surface area contributed by atoms with Gasteiger partial charge in [0.2, 0.25) is 17.7 Å². The Bertz CT molecular complexity index is 715. The van der Waals surface area contributed by atoms with Gasteiger partial charge in [0.25, 0.3) is 0 Å². The van der Waals surface area contributed by atoms with Crippen LogP contribution in [0.3, 0.4) is 0 Å². The number of rotatable bonds is 4. The van der Waals surface area contributed by atoms with Crippen molar-refractivity contribution in [2.24, 2.45) is 0 Å². The monoisotopic (exact) mass is 357 g/mol. The standard InChI is InChI=1S/C20H27N3O3/c1-12-7-13(2)16(14(3)8-12)9-19(25)21-15-10-23(11-15)20(26)17-5-4-6-18(24)22-17/h7-8,15,17H,4-6,9-11H2,1-3H3,(H,21,25)(H,22,24)/t17-/m1/s1. The Morgan fingerprint density at radius 3 is 2.46 bits per heavy atom.